The van der Waals surface area contributed by atoms with Gasteiger partial charge in [0, 0.05) is 29.0 Å². The molecule has 3 aromatic rings. The summed E-state index contributed by atoms with van der Waals surface area (Å²) in [5.74, 6) is 0.989. The number of anilines is 3. The van der Waals surface area contributed by atoms with Gasteiger partial charge in [0.05, 0.1) is 0 Å². The number of aromatic nitrogens is 2. The smallest absolute Gasteiger partial charge is 0.277 e. The van der Waals surface area contributed by atoms with E-state index >= 15 is 0 Å². The fourth-order valence-electron chi connectivity index (χ4n) is 3.25. The molecule has 0 radical (unpaired) electrons. The average Bonchev–Trinajstić information content (AvgIpc) is 3.08. The molecule has 2 aromatic carbocycles. The van der Waals surface area contributed by atoms with E-state index in [-0.39, 0.29) is 5.91 Å². The molecule has 0 saturated heterocycles. The van der Waals surface area contributed by atoms with Crippen molar-refractivity contribution in [3.63, 3.8) is 0 Å². The molecule has 0 bridgehead atoms. The lowest BCUT2D eigenvalue weighted by Crippen LogP contribution is -2.30. The minimum absolute atomic E-state index is 0.115. The van der Waals surface area contributed by atoms with E-state index in [1.807, 2.05) is 43.3 Å². The highest BCUT2D eigenvalue weighted by atomic mass is 35.5. The molecule has 1 N–H and O–H groups in total. The molecule has 2 heterocycles. The van der Waals surface area contributed by atoms with Crippen LogP contribution in [0.3, 0.4) is 0 Å². The van der Waals surface area contributed by atoms with E-state index < -0.39 is 0 Å². The summed E-state index contributed by atoms with van der Waals surface area (Å²) in [4.78, 5) is 23.6. The molecule has 0 atom stereocenters. The van der Waals surface area contributed by atoms with Crippen molar-refractivity contribution in [2.75, 3.05) is 16.8 Å². The Hall–Kier alpha value is -2.92. The number of hydrogen-bond acceptors (Lipinski definition) is 4. The number of nitrogens with one attached hydrogen (secondary N) is 1. The Labute approximate surface area is 163 Å². The molecule has 0 saturated carbocycles. The molecule has 6 heteroatoms. The van der Waals surface area contributed by atoms with E-state index in [2.05, 4.69) is 21.4 Å². The number of para-hydroxylation sites is 1. The van der Waals surface area contributed by atoms with Crippen LogP contribution in [0.4, 0.5) is 17.2 Å². The zero-order valence-electron chi connectivity index (χ0n) is 15.2. The van der Waals surface area contributed by atoms with E-state index in [1.54, 1.807) is 17.9 Å². The number of fused-ring (bicyclic) bond motifs is 1. The number of amides is 1. The van der Waals surface area contributed by atoms with Crippen LogP contribution in [-0.4, -0.2) is 22.4 Å². The van der Waals surface area contributed by atoms with Gasteiger partial charge < -0.3 is 10.2 Å². The fourth-order valence-corrected chi connectivity index (χ4v) is 3.43. The monoisotopic (exact) mass is 378 g/mol. The second-order valence-corrected chi connectivity index (χ2v) is 7.02. The van der Waals surface area contributed by atoms with Gasteiger partial charge in [0.2, 0.25) is 0 Å². The average molecular weight is 379 g/mol. The fraction of sp³-hybridized carbons (Fsp3) is 0.190. The molecule has 1 aliphatic heterocycles. The first-order valence-corrected chi connectivity index (χ1v) is 9.18. The van der Waals surface area contributed by atoms with E-state index in [4.69, 9.17) is 11.6 Å². The molecule has 5 nitrogen and oxygen atoms in total. The first-order valence-electron chi connectivity index (χ1n) is 8.80. The maximum Gasteiger partial charge on any atom is 0.277 e. The Bertz CT molecular complexity index is 1030. The number of hydrogen-bond donors (Lipinski definition) is 1. The molecule has 1 aliphatic rings. The second kappa shape index (κ2) is 7.00. The first-order chi connectivity index (χ1) is 13.0. The van der Waals surface area contributed by atoms with Gasteiger partial charge >= 0.3 is 0 Å². The second-order valence-electron chi connectivity index (χ2n) is 6.61. The number of halogens is 1. The number of benzene rings is 2. The lowest BCUT2D eigenvalue weighted by atomic mass is 10.2. The normalized spacial score (nSPS) is 12.8. The molecule has 0 spiro atoms. The lowest BCUT2D eigenvalue weighted by Gasteiger charge is -2.17. The Morgan fingerprint density at radius 3 is 2.74 bits per heavy atom. The summed E-state index contributed by atoms with van der Waals surface area (Å²) in [5, 5.41) is 3.89. The van der Waals surface area contributed by atoms with Crippen molar-refractivity contribution in [3.05, 3.63) is 76.2 Å². The molecule has 0 aliphatic carbocycles. The standard InChI is InChI=1S/C21H19ClN4O/c1-13-7-8-16(11-17(13)22)25-20-12-18(23-14(2)24-20)21(27)26-10-9-15-5-3-4-6-19(15)26/h3-8,11-12H,9-10H2,1-2H3,(H,23,24,25). The molecule has 136 valence electrons. The van der Waals surface area contributed by atoms with Crippen molar-refractivity contribution in [1.29, 1.82) is 0 Å². The third-order valence-corrected chi connectivity index (χ3v) is 5.04. The Kier molecular flexibility index (Phi) is 4.54. The molecule has 0 unspecified atom stereocenters. The summed E-state index contributed by atoms with van der Waals surface area (Å²) in [6.07, 6.45) is 0.860. The first kappa shape index (κ1) is 17.5. The van der Waals surface area contributed by atoms with Gasteiger partial charge in [-0.3, -0.25) is 4.79 Å². The van der Waals surface area contributed by atoms with Crippen LogP contribution in [-0.2, 0) is 6.42 Å². The minimum Gasteiger partial charge on any atom is -0.340 e. The van der Waals surface area contributed by atoms with E-state index in [0.717, 1.165) is 23.4 Å². The number of carbonyl (C=O) groups excluding carboxylic acids is 1. The van der Waals surface area contributed by atoms with Crippen molar-refractivity contribution in [3.8, 4) is 0 Å². The van der Waals surface area contributed by atoms with Gasteiger partial charge in [-0.2, -0.15) is 0 Å². The van der Waals surface area contributed by atoms with Crippen LogP contribution in [0.2, 0.25) is 5.02 Å². The molecule has 27 heavy (non-hydrogen) atoms. The zero-order chi connectivity index (χ0) is 19.0. The summed E-state index contributed by atoms with van der Waals surface area (Å²) in [7, 11) is 0. The number of nitrogens with zero attached hydrogens (tertiary/aromatic N) is 3. The highest BCUT2D eigenvalue weighted by molar-refractivity contribution is 6.31. The third-order valence-electron chi connectivity index (χ3n) is 4.63. The number of rotatable bonds is 3. The molecule has 4 rings (SSSR count). The van der Waals surface area contributed by atoms with Crippen LogP contribution in [0.5, 0.6) is 0 Å². The summed E-state index contributed by atoms with van der Waals surface area (Å²) in [5.41, 5.74) is 4.33. The summed E-state index contributed by atoms with van der Waals surface area (Å²) < 4.78 is 0. The molecule has 1 amide bonds. The highest BCUT2D eigenvalue weighted by Crippen LogP contribution is 2.29. The van der Waals surface area contributed by atoms with Crippen molar-refractivity contribution in [2.24, 2.45) is 0 Å². The van der Waals surface area contributed by atoms with Crippen LogP contribution in [0.1, 0.15) is 27.4 Å². The SMILES string of the molecule is Cc1nc(Nc2ccc(C)c(Cl)c2)cc(C(=O)N2CCc3ccccc32)n1. The predicted octanol–water partition coefficient (Wildman–Crippen LogP) is 4.69. The molecule has 0 fully saturated rings. The Morgan fingerprint density at radius 2 is 1.93 bits per heavy atom. The quantitative estimate of drug-likeness (QED) is 0.718. The van der Waals surface area contributed by atoms with Gasteiger partial charge in [-0.1, -0.05) is 35.9 Å². The maximum atomic E-state index is 13.1. The van der Waals surface area contributed by atoms with Gasteiger partial charge in [-0.25, -0.2) is 9.97 Å². The molecular formula is C21H19ClN4O. The highest BCUT2D eigenvalue weighted by Gasteiger charge is 2.26. The summed E-state index contributed by atoms with van der Waals surface area (Å²) >= 11 is 6.19. The lowest BCUT2D eigenvalue weighted by molar-refractivity contribution is 0.0984. The molecule has 1 aromatic heterocycles. The number of aryl methyl sites for hydroxylation is 2. The van der Waals surface area contributed by atoms with Crippen molar-refractivity contribution >= 4 is 34.7 Å². The van der Waals surface area contributed by atoms with Crippen LogP contribution >= 0.6 is 11.6 Å². The zero-order valence-corrected chi connectivity index (χ0v) is 15.9. The Morgan fingerprint density at radius 1 is 1.11 bits per heavy atom. The van der Waals surface area contributed by atoms with Gasteiger partial charge in [-0.05, 0) is 49.6 Å². The third kappa shape index (κ3) is 3.51. The predicted molar refractivity (Wildman–Crippen MR) is 108 cm³/mol. The van der Waals surface area contributed by atoms with Crippen LogP contribution < -0.4 is 10.2 Å². The van der Waals surface area contributed by atoms with Gasteiger partial charge in [0.15, 0.2) is 0 Å². The minimum atomic E-state index is -0.115. The van der Waals surface area contributed by atoms with Gasteiger partial charge in [0.25, 0.3) is 5.91 Å². The largest absolute Gasteiger partial charge is 0.340 e. The summed E-state index contributed by atoms with van der Waals surface area (Å²) in [6.45, 7) is 4.39. The molecular weight excluding hydrogens is 360 g/mol. The van der Waals surface area contributed by atoms with Crippen LogP contribution in [0.25, 0.3) is 0 Å². The van der Waals surface area contributed by atoms with E-state index in [9.17, 15) is 4.79 Å². The van der Waals surface area contributed by atoms with Crippen molar-refractivity contribution in [2.45, 2.75) is 20.3 Å². The van der Waals surface area contributed by atoms with E-state index in [1.165, 1.54) is 5.56 Å². The van der Waals surface area contributed by atoms with Crippen molar-refractivity contribution in [1.82, 2.24) is 9.97 Å². The van der Waals surface area contributed by atoms with Crippen LogP contribution in [0.15, 0.2) is 48.5 Å². The number of carbonyl (C=O) groups is 1. The van der Waals surface area contributed by atoms with Gasteiger partial charge in [-0.15, -0.1) is 0 Å². The van der Waals surface area contributed by atoms with Gasteiger partial charge in [0.1, 0.15) is 17.3 Å². The topological polar surface area (TPSA) is 58.1 Å². The van der Waals surface area contributed by atoms with Crippen LogP contribution in [0, 0.1) is 13.8 Å². The maximum absolute atomic E-state index is 13.1. The summed E-state index contributed by atoms with van der Waals surface area (Å²) in [6, 6.07) is 15.4. The van der Waals surface area contributed by atoms with Crippen molar-refractivity contribution < 1.29 is 4.79 Å². The van der Waals surface area contributed by atoms with E-state index in [0.29, 0.717) is 28.9 Å². The Balaban J connectivity index is 1.62.